The van der Waals surface area contributed by atoms with Gasteiger partial charge in [0.25, 0.3) is 0 Å². The quantitative estimate of drug-likeness (QED) is 0.893. The molecule has 2 saturated carbocycles. The van der Waals surface area contributed by atoms with Gasteiger partial charge in [-0.15, -0.1) is 0 Å². The lowest BCUT2D eigenvalue weighted by molar-refractivity contribution is -0.139. The molecule has 1 amide bonds. The minimum atomic E-state index is 0.0775. The third kappa shape index (κ3) is 3.48. The van der Waals surface area contributed by atoms with E-state index in [4.69, 9.17) is 0 Å². The third-order valence-electron chi connectivity index (χ3n) is 6.67. The van der Waals surface area contributed by atoms with Crippen molar-refractivity contribution in [3.8, 4) is 0 Å². The van der Waals surface area contributed by atoms with Crippen LogP contribution in [0.25, 0.3) is 0 Å². The maximum Gasteiger partial charge on any atom is 0.228 e. The van der Waals surface area contributed by atoms with Gasteiger partial charge in [-0.1, -0.05) is 13.3 Å². The molecule has 0 radical (unpaired) electrons. The summed E-state index contributed by atoms with van der Waals surface area (Å²) in [4.78, 5) is 15.9. The molecule has 0 spiro atoms. The molecule has 1 aromatic heterocycles. The Morgan fingerprint density at radius 3 is 2.44 bits per heavy atom. The van der Waals surface area contributed by atoms with E-state index in [0.29, 0.717) is 18.0 Å². The van der Waals surface area contributed by atoms with Crippen molar-refractivity contribution in [3.63, 3.8) is 0 Å². The number of nitrogens with zero attached hydrogens (tertiary/aromatic N) is 3. The molecule has 138 valence electrons. The van der Waals surface area contributed by atoms with Crippen LogP contribution >= 0.6 is 0 Å². The molecule has 4 rings (SSSR count). The topological polar surface area (TPSA) is 50.2 Å². The summed E-state index contributed by atoms with van der Waals surface area (Å²) in [6, 6.07) is 1.00. The first-order chi connectivity index (χ1) is 12.2. The standard InChI is InChI=1S/C20H32N4O/c1-3-14-4-6-16(7-5-14)24(17-8-9-17)20(25)19-12-21-11-18(19)15-10-22-23(2)13-15/h10,13-14,16-19,21H,3-9,11-12H2,1-2H3/t14?,16?,18-,19+/m1/s1. The Labute approximate surface area is 151 Å². The second-order valence-electron chi connectivity index (χ2n) is 8.38. The van der Waals surface area contributed by atoms with Crippen molar-refractivity contribution in [1.29, 1.82) is 0 Å². The maximum absolute atomic E-state index is 13.5. The number of rotatable bonds is 5. The summed E-state index contributed by atoms with van der Waals surface area (Å²) in [7, 11) is 1.95. The zero-order valence-corrected chi connectivity index (χ0v) is 15.7. The Balaban J connectivity index is 1.49. The number of nitrogens with one attached hydrogen (secondary N) is 1. The van der Waals surface area contributed by atoms with Gasteiger partial charge in [0.1, 0.15) is 0 Å². The Bertz CT molecular complexity index is 601. The lowest BCUT2D eigenvalue weighted by Gasteiger charge is -2.39. The fraction of sp³-hybridized carbons (Fsp3) is 0.800. The smallest absolute Gasteiger partial charge is 0.228 e. The first-order valence-corrected chi connectivity index (χ1v) is 10.2. The summed E-state index contributed by atoms with van der Waals surface area (Å²) in [5.74, 6) is 1.63. The third-order valence-corrected chi connectivity index (χ3v) is 6.67. The maximum atomic E-state index is 13.5. The number of hydrogen-bond donors (Lipinski definition) is 1. The van der Waals surface area contributed by atoms with Crippen LogP contribution in [0, 0.1) is 11.8 Å². The highest BCUT2D eigenvalue weighted by Crippen LogP contribution is 2.39. The first-order valence-electron chi connectivity index (χ1n) is 10.2. The average molecular weight is 345 g/mol. The molecule has 1 N–H and O–H groups in total. The number of aromatic nitrogens is 2. The van der Waals surface area contributed by atoms with E-state index in [0.717, 1.165) is 19.0 Å². The normalized spacial score (nSPS) is 32.7. The van der Waals surface area contributed by atoms with Gasteiger partial charge < -0.3 is 10.2 Å². The molecular formula is C20H32N4O. The van der Waals surface area contributed by atoms with Crippen molar-refractivity contribution in [2.75, 3.05) is 13.1 Å². The van der Waals surface area contributed by atoms with Gasteiger partial charge in [-0.25, -0.2) is 0 Å². The summed E-state index contributed by atoms with van der Waals surface area (Å²) >= 11 is 0. The summed E-state index contributed by atoms with van der Waals surface area (Å²) < 4.78 is 1.85. The number of carbonyl (C=O) groups is 1. The van der Waals surface area contributed by atoms with Crippen molar-refractivity contribution in [1.82, 2.24) is 20.0 Å². The van der Waals surface area contributed by atoms with E-state index >= 15 is 0 Å². The average Bonchev–Trinajstić information content (AvgIpc) is 3.17. The van der Waals surface area contributed by atoms with E-state index in [2.05, 4.69) is 28.4 Å². The molecule has 5 heteroatoms. The van der Waals surface area contributed by atoms with Gasteiger partial charge in [0, 0.05) is 44.3 Å². The largest absolute Gasteiger partial charge is 0.336 e. The zero-order valence-electron chi connectivity index (χ0n) is 15.7. The van der Waals surface area contributed by atoms with Gasteiger partial charge in [-0.2, -0.15) is 5.10 Å². The Morgan fingerprint density at radius 1 is 1.20 bits per heavy atom. The van der Waals surface area contributed by atoms with Crippen LogP contribution in [0.3, 0.4) is 0 Å². The molecule has 5 nitrogen and oxygen atoms in total. The van der Waals surface area contributed by atoms with Crippen molar-refractivity contribution in [3.05, 3.63) is 18.0 Å². The Kier molecular flexibility index (Phi) is 4.85. The van der Waals surface area contributed by atoms with E-state index in [1.165, 1.54) is 50.5 Å². The molecule has 2 aliphatic carbocycles. The van der Waals surface area contributed by atoms with Crippen molar-refractivity contribution in [2.24, 2.45) is 18.9 Å². The number of aryl methyl sites for hydroxylation is 1. The molecule has 0 bridgehead atoms. The van der Waals surface area contributed by atoms with Gasteiger partial charge in [0.15, 0.2) is 0 Å². The van der Waals surface area contributed by atoms with E-state index in [1.54, 1.807) is 0 Å². The highest BCUT2D eigenvalue weighted by molar-refractivity contribution is 5.81. The van der Waals surface area contributed by atoms with Crippen LogP contribution in [0.4, 0.5) is 0 Å². The molecule has 25 heavy (non-hydrogen) atoms. The van der Waals surface area contributed by atoms with Crippen LogP contribution in [-0.2, 0) is 11.8 Å². The number of carbonyl (C=O) groups excluding carboxylic acids is 1. The molecule has 1 saturated heterocycles. The molecular weight excluding hydrogens is 312 g/mol. The van der Waals surface area contributed by atoms with E-state index < -0.39 is 0 Å². The predicted molar refractivity (Wildman–Crippen MR) is 98.2 cm³/mol. The molecule has 2 heterocycles. The van der Waals surface area contributed by atoms with Gasteiger partial charge >= 0.3 is 0 Å². The second-order valence-corrected chi connectivity index (χ2v) is 8.38. The molecule has 2 atom stereocenters. The van der Waals surface area contributed by atoms with E-state index in [9.17, 15) is 4.79 Å². The molecule has 1 aromatic rings. The lowest BCUT2D eigenvalue weighted by atomic mass is 9.82. The minimum absolute atomic E-state index is 0.0775. The number of hydrogen-bond acceptors (Lipinski definition) is 3. The summed E-state index contributed by atoms with van der Waals surface area (Å²) in [6.45, 7) is 4.01. The van der Waals surface area contributed by atoms with Gasteiger partial charge in [0.05, 0.1) is 12.1 Å². The molecule has 0 aromatic carbocycles. The van der Waals surface area contributed by atoms with Crippen LogP contribution in [0.5, 0.6) is 0 Å². The molecule has 3 aliphatic rings. The summed E-state index contributed by atoms with van der Waals surface area (Å²) in [5.41, 5.74) is 1.20. The Morgan fingerprint density at radius 2 is 1.88 bits per heavy atom. The van der Waals surface area contributed by atoms with E-state index in [1.807, 2.05) is 17.9 Å². The van der Waals surface area contributed by atoms with Gasteiger partial charge in [-0.3, -0.25) is 9.48 Å². The van der Waals surface area contributed by atoms with Gasteiger partial charge in [0.2, 0.25) is 5.91 Å². The summed E-state index contributed by atoms with van der Waals surface area (Å²) in [6.07, 6.45) is 12.7. The monoisotopic (exact) mass is 344 g/mol. The Hall–Kier alpha value is -1.36. The summed E-state index contributed by atoms with van der Waals surface area (Å²) in [5, 5.41) is 7.78. The fourth-order valence-electron chi connectivity index (χ4n) is 4.95. The second kappa shape index (κ2) is 7.10. The predicted octanol–water partition coefficient (Wildman–Crippen LogP) is 2.68. The van der Waals surface area contributed by atoms with Crippen LogP contribution in [0.15, 0.2) is 12.4 Å². The van der Waals surface area contributed by atoms with Crippen LogP contribution < -0.4 is 5.32 Å². The lowest BCUT2D eigenvalue weighted by Crippen LogP contribution is -2.47. The van der Waals surface area contributed by atoms with Crippen molar-refractivity contribution in [2.45, 2.75) is 69.9 Å². The minimum Gasteiger partial charge on any atom is -0.336 e. The van der Waals surface area contributed by atoms with E-state index in [-0.39, 0.29) is 11.8 Å². The highest BCUT2D eigenvalue weighted by atomic mass is 16.2. The zero-order chi connectivity index (χ0) is 17.4. The molecule has 3 fully saturated rings. The van der Waals surface area contributed by atoms with Crippen LogP contribution in [-0.4, -0.2) is 45.8 Å². The first kappa shape index (κ1) is 17.1. The van der Waals surface area contributed by atoms with Crippen LogP contribution in [0.1, 0.15) is 63.4 Å². The van der Waals surface area contributed by atoms with Crippen molar-refractivity contribution < 1.29 is 4.79 Å². The molecule has 0 unspecified atom stereocenters. The highest BCUT2D eigenvalue weighted by Gasteiger charge is 2.44. The van der Waals surface area contributed by atoms with Gasteiger partial charge in [-0.05, 0) is 50.0 Å². The fourth-order valence-corrected chi connectivity index (χ4v) is 4.95. The molecule has 1 aliphatic heterocycles. The van der Waals surface area contributed by atoms with Crippen LogP contribution in [0.2, 0.25) is 0 Å². The SMILES string of the molecule is CCC1CCC(N(C(=O)[C@H]2CNC[C@@H]2c2cnn(C)c2)C2CC2)CC1. The van der Waals surface area contributed by atoms with Crippen molar-refractivity contribution >= 4 is 5.91 Å². The number of amides is 1.